The van der Waals surface area contributed by atoms with Crippen molar-refractivity contribution < 1.29 is 0 Å². The van der Waals surface area contributed by atoms with Gasteiger partial charge in [0.05, 0.1) is 0 Å². The van der Waals surface area contributed by atoms with Gasteiger partial charge in [-0.2, -0.15) is 0 Å². The number of benzene rings is 4. The predicted octanol–water partition coefficient (Wildman–Crippen LogP) is 6.97. The van der Waals surface area contributed by atoms with Crippen molar-refractivity contribution in [1.82, 2.24) is 4.57 Å². The Kier molecular flexibility index (Phi) is 4.14. The van der Waals surface area contributed by atoms with Gasteiger partial charge in [0.25, 0.3) is 0 Å². The maximum absolute atomic E-state index is 2.49. The van der Waals surface area contributed by atoms with Crippen LogP contribution in [0, 0.1) is 0 Å². The molecule has 0 bridgehead atoms. The van der Waals surface area contributed by atoms with Crippen LogP contribution in [0.3, 0.4) is 0 Å². The molecule has 0 saturated heterocycles. The number of aromatic nitrogens is 1. The van der Waals surface area contributed by atoms with Gasteiger partial charge in [0.15, 0.2) is 0 Å². The van der Waals surface area contributed by atoms with Gasteiger partial charge in [-0.1, -0.05) is 78.9 Å². The van der Waals surface area contributed by atoms with Gasteiger partial charge in [-0.3, -0.25) is 0 Å². The summed E-state index contributed by atoms with van der Waals surface area (Å²) >= 11 is 0. The zero-order valence-electron chi connectivity index (χ0n) is 15.4. The summed E-state index contributed by atoms with van der Waals surface area (Å²) in [5.41, 5.74) is 4.14. The molecule has 0 aliphatic heterocycles. The third-order valence-corrected chi connectivity index (χ3v) is 5.59. The standard InChI is InChI=1S/C26H23N/c1-2-11-22-19-20(16-17-21(22)10-1)9-7-8-18-27-25-14-5-3-12-23(25)24-13-4-6-15-26(24)27/h1-6,10-17,19H,7-9,18H2. The minimum Gasteiger partial charge on any atom is -0.340 e. The number of hydrogen-bond acceptors (Lipinski definition) is 0. The molecule has 0 atom stereocenters. The minimum absolute atomic E-state index is 1.07. The second-order valence-corrected chi connectivity index (χ2v) is 7.32. The molecule has 0 radical (unpaired) electrons. The number of para-hydroxylation sites is 2. The Morgan fingerprint density at radius 2 is 1.19 bits per heavy atom. The summed E-state index contributed by atoms with van der Waals surface area (Å²) in [4.78, 5) is 0. The summed E-state index contributed by atoms with van der Waals surface area (Å²) < 4.78 is 2.49. The van der Waals surface area contributed by atoms with Crippen LogP contribution in [0.2, 0.25) is 0 Å². The average Bonchev–Trinajstić information content (AvgIpc) is 3.05. The van der Waals surface area contributed by atoms with Crippen molar-refractivity contribution in [3.8, 4) is 0 Å². The molecule has 0 spiro atoms. The highest BCUT2D eigenvalue weighted by atomic mass is 15.0. The first-order valence-electron chi connectivity index (χ1n) is 9.84. The van der Waals surface area contributed by atoms with Gasteiger partial charge in [-0.05, 0) is 47.7 Å². The van der Waals surface area contributed by atoms with E-state index in [1.807, 2.05) is 0 Å². The fourth-order valence-corrected chi connectivity index (χ4v) is 4.24. The Labute approximate surface area is 159 Å². The van der Waals surface area contributed by atoms with Gasteiger partial charge in [0.2, 0.25) is 0 Å². The van der Waals surface area contributed by atoms with Crippen LogP contribution in [-0.2, 0) is 13.0 Å². The van der Waals surface area contributed by atoms with E-state index in [0.717, 1.165) is 13.0 Å². The Hall–Kier alpha value is -3.06. The molecule has 0 amide bonds. The quantitative estimate of drug-likeness (QED) is 0.302. The van der Waals surface area contributed by atoms with Gasteiger partial charge in [-0.25, -0.2) is 0 Å². The van der Waals surface area contributed by atoms with Crippen LogP contribution < -0.4 is 0 Å². The molecule has 1 nitrogen and oxygen atoms in total. The van der Waals surface area contributed by atoms with E-state index in [1.165, 1.54) is 51.0 Å². The molecule has 0 aliphatic carbocycles. The molecule has 27 heavy (non-hydrogen) atoms. The lowest BCUT2D eigenvalue weighted by Gasteiger charge is -2.08. The van der Waals surface area contributed by atoms with Crippen molar-refractivity contribution in [2.24, 2.45) is 0 Å². The molecule has 0 unspecified atom stereocenters. The van der Waals surface area contributed by atoms with Crippen molar-refractivity contribution in [3.63, 3.8) is 0 Å². The summed E-state index contributed by atoms with van der Waals surface area (Å²) in [5, 5.41) is 5.40. The first-order chi connectivity index (χ1) is 13.4. The highest BCUT2D eigenvalue weighted by Gasteiger charge is 2.09. The van der Waals surface area contributed by atoms with Gasteiger partial charge in [0.1, 0.15) is 0 Å². The van der Waals surface area contributed by atoms with Crippen LogP contribution in [0.15, 0.2) is 91.0 Å². The molecular formula is C26H23N. The molecule has 1 aromatic heterocycles. The fourth-order valence-electron chi connectivity index (χ4n) is 4.24. The van der Waals surface area contributed by atoms with Crippen LogP contribution in [0.4, 0.5) is 0 Å². The second kappa shape index (κ2) is 6.92. The number of unbranched alkanes of at least 4 members (excludes halogenated alkanes) is 1. The van der Waals surface area contributed by atoms with Crippen molar-refractivity contribution >= 4 is 32.6 Å². The van der Waals surface area contributed by atoms with Crippen LogP contribution >= 0.6 is 0 Å². The van der Waals surface area contributed by atoms with Crippen LogP contribution in [0.25, 0.3) is 32.6 Å². The molecule has 4 aromatic carbocycles. The van der Waals surface area contributed by atoms with Crippen molar-refractivity contribution in [1.29, 1.82) is 0 Å². The Balaban J connectivity index is 1.34. The van der Waals surface area contributed by atoms with E-state index in [2.05, 4.69) is 95.6 Å². The molecule has 1 heteroatoms. The van der Waals surface area contributed by atoms with E-state index in [4.69, 9.17) is 0 Å². The fraction of sp³-hybridized carbons (Fsp3) is 0.154. The van der Waals surface area contributed by atoms with Crippen molar-refractivity contribution in [2.45, 2.75) is 25.8 Å². The molecule has 0 fully saturated rings. The molecule has 5 rings (SSSR count). The van der Waals surface area contributed by atoms with Crippen LogP contribution in [0.1, 0.15) is 18.4 Å². The van der Waals surface area contributed by atoms with E-state index in [9.17, 15) is 0 Å². The largest absolute Gasteiger partial charge is 0.340 e. The Morgan fingerprint density at radius 1 is 0.556 bits per heavy atom. The first-order valence-corrected chi connectivity index (χ1v) is 9.84. The Morgan fingerprint density at radius 3 is 1.93 bits per heavy atom. The highest BCUT2D eigenvalue weighted by molar-refractivity contribution is 6.07. The molecule has 132 valence electrons. The van der Waals surface area contributed by atoms with Gasteiger partial charge < -0.3 is 4.57 Å². The van der Waals surface area contributed by atoms with Gasteiger partial charge >= 0.3 is 0 Å². The molecule has 0 aliphatic rings. The van der Waals surface area contributed by atoms with E-state index >= 15 is 0 Å². The van der Waals surface area contributed by atoms with E-state index in [1.54, 1.807) is 0 Å². The lowest BCUT2D eigenvalue weighted by Crippen LogP contribution is -1.98. The summed E-state index contributed by atoms with van der Waals surface area (Å²) in [6.07, 6.45) is 3.54. The van der Waals surface area contributed by atoms with Crippen LogP contribution in [-0.4, -0.2) is 4.57 Å². The lowest BCUT2D eigenvalue weighted by atomic mass is 10.0. The number of nitrogens with zero attached hydrogens (tertiary/aromatic N) is 1. The monoisotopic (exact) mass is 349 g/mol. The molecule has 1 heterocycles. The number of rotatable bonds is 5. The first kappa shape index (κ1) is 16.1. The second-order valence-electron chi connectivity index (χ2n) is 7.32. The predicted molar refractivity (Wildman–Crippen MR) is 116 cm³/mol. The summed E-state index contributed by atoms with van der Waals surface area (Å²) in [6, 6.07) is 33.0. The highest BCUT2D eigenvalue weighted by Crippen LogP contribution is 2.29. The van der Waals surface area contributed by atoms with E-state index in [-0.39, 0.29) is 0 Å². The summed E-state index contributed by atoms with van der Waals surface area (Å²) in [5.74, 6) is 0. The van der Waals surface area contributed by atoms with Gasteiger partial charge in [0, 0.05) is 28.4 Å². The zero-order chi connectivity index (χ0) is 18.1. The van der Waals surface area contributed by atoms with Crippen molar-refractivity contribution in [3.05, 3.63) is 96.6 Å². The van der Waals surface area contributed by atoms with Gasteiger partial charge in [-0.15, -0.1) is 0 Å². The molecular weight excluding hydrogens is 326 g/mol. The maximum Gasteiger partial charge on any atom is 0.0491 e. The molecule has 5 aromatic rings. The average molecular weight is 349 g/mol. The zero-order valence-corrected chi connectivity index (χ0v) is 15.4. The Bertz CT molecular complexity index is 1180. The maximum atomic E-state index is 2.49. The summed E-state index contributed by atoms with van der Waals surface area (Å²) in [7, 11) is 0. The minimum atomic E-state index is 1.07. The number of aryl methyl sites for hydroxylation is 2. The third kappa shape index (κ3) is 3.00. The number of fused-ring (bicyclic) bond motifs is 4. The molecule has 0 N–H and O–H groups in total. The summed E-state index contributed by atoms with van der Waals surface area (Å²) in [6.45, 7) is 1.07. The van der Waals surface area contributed by atoms with Crippen LogP contribution in [0.5, 0.6) is 0 Å². The lowest BCUT2D eigenvalue weighted by molar-refractivity contribution is 0.636. The smallest absolute Gasteiger partial charge is 0.0491 e. The van der Waals surface area contributed by atoms with Crippen molar-refractivity contribution in [2.75, 3.05) is 0 Å². The third-order valence-electron chi connectivity index (χ3n) is 5.59. The van der Waals surface area contributed by atoms with E-state index < -0.39 is 0 Å². The molecule has 0 saturated carbocycles. The normalized spacial score (nSPS) is 11.6. The topological polar surface area (TPSA) is 4.93 Å². The van der Waals surface area contributed by atoms with E-state index in [0.29, 0.717) is 0 Å². The SMILES string of the molecule is c1ccc2cc(CCCCn3c4ccccc4c4ccccc43)ccc2c1. The number of hydrogen-bond donors (Lipinski definition) is 0.